The lowest BCUT2D eigenvalue weighted by molar-refractivity contribution is -0.172. The average Bonchev–Trinajstić information content (AvgIpc) is 3.22. The number of halogens is 1. The second-order valence-electron chi connectivity index (χ2n) is 9.26. The van der Waals surface area contributed by atoms with Gasteiger partial charge in [-0.1, -0.05) is 6.92 Å². The zero-order valence-electron chi connectivity index (χ0n) is 19.5. The number of hydrogen-bond donors (Lipinski definition) is 2. The third kappa shape index (κ3) is 3.13. The number of likely N-dealkylation sites (N-methyl/N-ethyl adjacent to an activating group) is 1. The minimum atomic E-state index is -1.89. The predicted octanol–water partition coefficient (Wildman–Crippen LogP) is 1.59. The number of rotatable bonds is 4. The van der Waals surface area contributed by atoms with Crippen LogP contribution in [0.5, 0.6) is 5.75 Å². The van der Waals surface area contributed by atoms with E-state index >= 15 is 0 Å². The van der Waals surface area contributed by atoms with Crippen molar-refractivity contribution in [1.82, 2.24) is 19.8 Å². The summed E-state index contributed by atoms with van der Waals surface area (Å²) in [6.07, 6.45) is 0.0706. The van der Waals surface area contributed by atoms with Crippen molar-refractivity contribution in [3.8, 4) is 17.1 Å². The molecule has 182 valence electrons. The summed E-state index contributed by atoms with van der Waals surface area (Å²) in [5, 5.41) is 14.9. The topological polar surface area (TPSA) is 106 Å². The standard InChI is InChI=1S/C25H25FN4O5/c1-3-25(33)17-7-20-21-13(9-30(20)23(31)16(17)11-34-24(25)32)6-14-15-10-29(5-4-27-2)12-35-22(15)18(26)8-19(14)28-21/h6-8,27,33H,3-5,9-12H2,1-2H3/t25-/m0/s1. The van der Waals surface area contributed by atoms with Gasteiger partial charge in [0.15, 0.2) is 17.2 Å². The van der Waals surface area contributed by atoms with Gasteiger partial charge in [0, 0.05) is 47.8 Å². The number of nitrogens with zero attached hydrogens (tertiary/aromatic N) is 3. The Morgan fingerprint density at radius 1 is 1.20 bits per heavy atom. The Labute approximate surface area is 200 Å². The first-order valence-corrected chi connectivity index (χ1v) is 11.7. The molecule has 0 radical (unpaired) electrons. The largest absolute Gasteiger partial charge is 0.475 e. The number of nitrogens with one attached hydrogen (secondary N) is 1. The zero-order valence-corrected chi connectivity index (χ0v) is 19.5. The highest BCUT2D eigenvalue weighted by molar-refractivity contribution is 5.89. The second kappa shape index (κ2) is 7.84. The van der Waals surface area contributed by atoms with E-state index in [1.165, 1.54) is 6.07 Å². The van der Waals surface area contributed by atoms with E-state index in [0.717, 1.165) is 29.6 Å². The van der Waals surface area contributed by atoms with Gasteiger partial charge in [-0.25, -0.2) is 14.2 Å². The summed E-state index contributed by atoms with van der Waals surface area (Å²) in [6, 6.07) is 4.96. The lowest BCUT2D eigenvalue weighted by Gasteiger charge is -2.31. The Bertz CT molecular complexity index is 1470. The Balaban J connectivity index is 1.51. The first-order valence-electron chi connectivity index (χ1n) is 11.7. The maximum Gasteiger partial charge on any atom is 0.343 e. The molecule has 3 aromatic rings. The van der Waals surface area contributed by atoms with Crippen molar-refractivity contribution in [3.63, 3.8) is 0 Å². The van der Waals surface area contributed by atoms with Crippen LogP contribution in [0, 0.1) is 5.82 Å². The minimum Gasteiger partial charge on any atom is -0.475 e. The Morgan fingerprint density at radius 3 is 2.80 bits per heavy atom. The number of cyclic esters (lactones) is 1. The Hall–Kier alpha value is -3.34. The van der Waals surface area contributed by atoms with Crippen LogP contribution < -0.4 is 15.6 Å². The van der Waals surface area contributed by atoms with Crippen LogP contribution in [0.15, 0.2) is 23.0 Å². The molecule has 6 rings (SSSR count). The van der Waals surface area contributed by atoms with Gasteiger partial charge in [0.05, 0.1) is 29.0 Å². The second-order valence-corrected chi connectivity index (χ2v) is 9.26. The summed E-state index contributed by atoms with van der Waals surface area (Å²) in [7, 11) is 1.88. The van der Waals surface area contributed by atoms with Gasteiger partial charge in [-0.2, -0.15) is 0 Å². The molecule has 0 saturated heterocycles. The van der Waals surface area contributed by atoms with Gasteiger partial charge in [0.1, 0.15) is 13.3 Å². The van der Waals surface area contributed by atoms with Crippen molar-refractivity contribution < 1.29 is 23.8 Å². The van der Waals surface area contributed by atoms with E-state index in [9.17, 15) is 19.1 Å². The molecule has 3 aliphatic rings. The fourth-order valence-electron chi connectivity index (χ4n) is 5.29. The van der Waals surface area contributed by atoms with E-state index in [1.54, 1.807) is 17.6 Å². The maximum atomic E-state index is 15.0. The molecular formula is C25H25FN4O5. The van der Waals surface area contributed by atoms with Crippen LogP contribution in [-0.4, -0.2) is 52.4 Å². The number of ether oxygens (including phenoxy) is 2. The molecule has 10 heteroatoms. The number of aromatic nitrogens is 2. The first kappa shape index (κ1) is 22.1. The van der Waals surface area contributed by atoms with Crippen LogP contribution in [-0.2, 0) is 34.8 Å². The quantitative estimate of drug-likeness (QED) is 0.425. The molecule has 0 amide bonds. The van der Waals surface area contributed by atoms with Gasteiger partial charge in [0.2, 0.25) is 0 Å². The monoisotopic (exact) mass is 480 g/mol. The number of benzene rings is 1. The van der Waals surface area contributed by atoms with Crippen LogP contribution >= 0.6 is 0 Å². The SMILES string of the molecule is CC[C@@]1(O)C(=O)OCc2c1cc1n(c2=O)Cc2cc3c4c(c(F)cc3nc2-1)OCN(CCNC)C4. The van der Waals surface area contributed by atoms with Crippen LogP contribution in [0.2, 0.25) is 0 Å². The third-order valence-electron chi connectivity index (χ3n) is 7.28. The number of fused-ring (bicyclic) bond motifs is 7. The fourth-order valence-corrected chi connectivity index (χ4v) is 5.29. The number of carbonyl (C=O) groups excluding carboxylic acids is 1. The number of aliphatic hydroxyl groups is 1. The van der Waals surface area contributed by atoms with Crippen molar-refractivity contribution in [2.75, 3.05) is 26.9 Å². The van der Waals surface area contributed by atoms with Gasteiger partial charge < -0.3 is 24.5 Å². The molecule has 9 nitrogen and oxygen atoms in total. The zero-order chi connectivity index (χ0) is 24.5. The summed E-state index contributed by atoms with van der Waals surface area (Å²) >= 11 is 0. The summed E-state index contributed by atoms with van der Waals surface area (Å²) in [4.78, 5) is 32.5. The number of hydrogen-bond acceptors (Lipinski definition) is 8. The van der Waals surface area contributed by atoms with Crippen LogP contribution in [0.4, 0.5) is 4.39 Å². The van der Waals surface area contributed by atoms with Crippen molar-refractivity contribution >= 4 is 16.9 Å². The van der Waals surface area contributed by atoms with E-state index in [1.807, 2.05) is 13.1 Å². The summed E-state index contributed by atoms with van der Waals surface area (Å²) < 4.78 is 27.4. The molecule has 3 aliphatic heterocycles. The molecule has 0 aliphatic carbocycles. The Kier molecular flexibility index (Phi) is 4.96. The highest BCUT2D eigenvalue weighted by Gasteiger charge is 2.45. The molecular weight excluding hydrogens is 455 g/mol. The van der Waals surface area contributed by atoms with Gasteiger partial charge in [-0.15, -0.1) is 0 Å². The maximum absolute atomic E-state index is 15.0. The molecule has 0 bridgehead atoms. The molecule has 0 fully saturated rings. The van der Waals surface area contributed by atoms with E-state index in [2.05, 4.69) is 10.2 Å². The number of pyridine rings is 2. The van der Waals surface area contributed by atoms with Gasteiger partial charge in [0.25, 0.3) is 5.56 Å². The van der Waals surface area contributed by atoms with Crippen LogP contribution in [0.3, 0.4) is 0 Å². The molecule has 0 spiro atoms. The van der Waals surface area contributed by atoms with Crippen LogP contribution in [0.1, 0.15) is 35.6 Å². The minimum absolute atomic E-state index is 0.0706. The highest BCUT2D eigenvalue weighted by Crippen LogP contribution is 2.41. The molecule has 35 heavy (non-hydrogen) atoms. The van der Waals surface area contributed by atoms with Crippen LogP contribution in [0.25, 0.3) is 22.3 Å². The molecule has 2 aromatic heterocycles. The molecule has 0 saturated carbocycles. The molecule has 5 heterocycles. The van der Waals surface area contributed by atoms with E-state index < -0.39 is 17.4 Å². The fraction of sp³-hybridized carbons (Fsp3) is 0.400. The summed E-state index contributed by atoms with van der Waals surface area (Å²) in [6.45, 7) is 4.13. The van der Waals surface area contributed by atoms with E-state index in [-0.39, 0.29) is 42.0 Å². The summed E-state index contributed by atoms with van der Waals surface area (Å²) in [5.74, 6) is -0.998. The van der Waals surface area contributed by atoms with Gasteiger partial charge in [-0.05, 0) is 25.6 Å². The van der Waals surface area contributed by atoms with E-state index in [0.29, 0.717) is 30.2 Å². The van der Waals surface area contributed by atoms with E-state index in [4.69, 9.17) is 14.5 Å². The van der Waals surface area contributed by atoms with Crippen molar-refractivity contribution in [2.24, 2.45) is 0 Å². The lowest BCUT2D eigenvalue weighted by Crippen LogP contribution is -2.44. The number of esters is 1. The van der Waals surface area contributed by atoms with Gasteiger partial charge in [-0.3, -0.25) is 9.69 Å². The van der Waals surface area contributed by atoms with Gasteiger partial charge >= 0.3 is 5.97 Å². The lowest BCUT2D eigenvalue weighted by atomic mass is 9.86. The average molecular weight is 480 g/mol. The van der Waals surface area contributed by atoms with Crippen molar-refractivity contribution in [1.29, 1.82) is 0 Å². The van der Waals surface area contributed by atoms with Crippen molar-refractivity contribution in [2.45, 2.75) is 38.6 Å². The number of carbonyl (C=O) groups is 1. The highest BCUT2D eigenvalue weighted by atomic mass is 19.1. The molecule has 2 N–H and O–H groups in total. The van der Waals surface area contributed by atoms with Crippen molar-refractivity contribution in [3.05, 3.63) is 56.6 Å². The smallest absolute Gasteiger partial charge is 0.343 e. The third-order valence-corrected chi connectivity index (χ3v) is 7.28. The predicted molar refractivity (Wildman–Crippen MR) is 124 cm³/mol. The molecule has 1 atom stereocenters. The molecule has 1 aromatic carbocycles. The summed E-state index contributed by atoms with van der Waals surface area (Å²) in [5.41, 5.74) is 1.36. The molecule has 0 unspecified atom stereocenters. The first-order chi connectivity index (χ1) is 16.9. The normalized spacial score (nSPS) is 20.6. The Morgan fingerprint density at radius 2 is 2.03 bits per heavy atom.